The van der Waals surface area contributed by atoms with Crippen LogP contribution in [0, 0.1) is 0 Å². The Morgan fingerprint density at radius 2 is 1.85 bits per heavy atom. The summed E-state index contributed by atoms with van der Waals surface area (Å²) in [5.41, 5.74) is 0.571. The van der Waals surface area contributed by atoms with Crippen molar-refractivity contribution in [3.05, 3.63) is 36.0 Å². The topological polar surface area (TPSA) is 54.4 Å². The van der Waals surface area contributed by atoms with Gasteiger partial charge in [-0.15, -0.1) is 0 Å². The highest BCUT2D eigenvalue weighted by Crippen LogP contribution is 1.97. The molecule has 0 atom stereocenters. The number of carbonyl (C=O) groups is 2. The van der Waals surface area contributed by atoms with E-state index in [0.717, 1.165) is 0 Å². The van der Waals surface area contributed by atoms with Gasteiger partial charge in [-0.1, -0.05) is 18.7 Å². The highest BCUT2D eigenvalue weighted by atomic mass is 16.4. The lowest BCUT2D eigenvalue weighted by atomic mass is 10.2. The Balaban J connectivity index is 4.31. The summed E-state index contributed by atoms with van der Waals surface area (Å²) in [6.07, 6.45) is 4.39. The molecule has 0 saturated heterocycles. The van der Waals surface area contributed by atoms with E-state index in [1.807, 2.05) is 0 Å². The molecule has 0 aliphatic carbocycles. The SMILES string of the molecule is C=C(/C=C\C=C(/C)C(C)=O)C(=O)O. The fraction of sp³-hybridized carbons (Fsp3) is 0.200. The zero-order valence-corrected chi connectivity index (χ0v) is 7.70. The number of carboxylic acid groups (broad SMARTS) is 1. The minimum absolute atomic E-state index is 0.00685. The molecule has 13 heavy (non-hydrogen) atoms. The molecule has 0 heterocycles. The monoisotopic (exact) mass is 180 g/mol. The third-order valence-corrected chi connectivity index (χ3v) is 1.47. The van der Waals surface area contributed by atoms with E-state index in [4.69, 9.17) is 5.11 Å². The zero-order valence-electron chi connectivity index (χ0n) is 7.70. The first-order valence-electron chi connectivity index (χ1n) is 3.73. The molecule has 0 aromatic rings. The fourth-order valence-corrected chi connectivity index (χ4v) is 0.497. The second-order valence-electron chi connectivity index (χ2n) is 2.60. The van der Waals surface area contributed by atoms with Crippen LogP contribution in [0.3, 0.4) is 0 Å². The molecule has 0 aromatic carbocycles. The highest BCUT2D eigenvalue weighted by Gasteiger charge is 1.97. The lowest BCUT2D eigenvalue weighted by molar-refractivity contribution is -0.132. The Labute approximate surface area is 77.1 Å². The number of ketones is 1. The lowest BCUT2D eigenvalue weighted by Crippen LogP contribution is -1.95. The Kier molecular flexibility index (Phi) is 4.44. The van der Waals surface area contributed by atoms with Gasteiger partial charge in [-0.25, -0.2) is 4.79 Å². The number of carbonyl (C=O) groups excluding carboxylic acids is 1. The molecule has 0 saturated carbocycles. The first-order valence-corrected chi connectivity index (χ1v) is 3.73. The Bertz CT molecular complexity index is 295. The largest absolute Gasteiger partial charge is 0.478 e. The number of allylic oxidation sites excluding steroid dienone is 3. The van der Waals surface area contributed by atoms with E-state index in [0.29, 0.717) is 5.57 Å². The van der Waals surface area contributed by atoms with Gasteiger partial charge in [-0.05, 0) is 25.5 Å². The summed E-state index contributed by atoms with van der Waals surface area (Å²) in [6, 6.07) is 0. The highest BCUT2D eigenvalue weighted by molar-refractivity contribution is 5.93. The molecule has 0 unspecified atom stereocenters. The normalized spacial score (nSPS) is 11.7. The molecule has 0 bridgehead atoms. The number of rotatable bonds is 4. The van der Waals surface area contributed by atoms with Crippen LogP contribution in [0.25, 0.3) is 0 Å². The van der Waals surface area contributed by atoms with Crippen molar-refractivity contribution >= 4 is 11.8 Å². The summed E-state index contributed by atoms with van der Waals surface area (Å²) >= 11 is 0. The van der Waals surface area contributed by atoms with Gasteiger partial charge in [0.05, 0.1) is 5.57 Å². The van der Waals surface area contributed by atoms with Crippen molar-refractivity contribution in [3.63, 3.8) is 0 Å². The summed E-state index contributed by atoms with van der Waals surface area (Å²) in [4.78, 5) is 21.0. The molecule has 0 fully saturated rings. The molecular formula is C10H12O3. The summed E-state index contributed by atoms with van der Waals surface area (Å²) < 4.78 is 0. The summed E-state index contributed by atoms with van der Waals surface area (Å²) in [7, 11) is 0. The quantitative estimate of drug-likeness (QED) is 0.529. The van der Waals surface area contributed by atoms with Crippen LogP contribution in [0.1, 0.15) is 13.8 Å². The fourth-order valence-electron chi connectivity index (χ4n) is 0.497. The van der Waals surface area contributed by atoms with E-state index in [2.05, 4.69) is 6.58 Å². The maximum Gasteiger partial charge on any atom is 0.335 e. The third kappa shape index (κ3) is 4.74. The van der Waals surface area contributed by atoms with Crippen LogP contribution >= 0.6 is 0 Å². The van der Waals surface area contributed by atoms with Gasteiger partial charge < -0.3 is 5.11 Å². The zero-order chi connectivity index (χ0) is 10.4. The minimum Gasteiger partial charge on any atom is -0.478 e. The molecule has 70 valence electrons. The number of Topliss-reactive ketones (excluding diaryl/α,β-unsaturated/α-hetero) is 1. The van der Waals surface area contributed by atoms with Gasteiger partial charge in [0.1, 0.15) is 0 Å². The minimum atomic E-state index is -1.06. The summed E-state index contributed by atoms with van der Waals surface area (Å²) in [6.45, 7) is 6.41. The van der Waals surface area contributed by atoms with Gasteiger partial charge in [0.25, 0.3) is 0 Å². The van der Waals surface area contributed by atoms with Gasteiger partial charge in [-0.2, -0.15) is 0 Å². The Morgan fingerprint density at radius 3 is 2.23 bits per heavy atom. The molecule has 0 aliphatic rings. The van der Waals surface area contributed by atoms with Crippen molar-refractivity contribution in [2.45, 2.75) is 13.8 Å². The van der Waals surface area contributed by atoms with Crippen LogP contribution in [-0.2, 0) is 9.59 Å². The maximum atomic E-state index is 10.7. The van der Waals surface area contributed by atoms with Crippen LogP contribution in [0.2, 0.25) is 0 Å². The maximum absolute atomic E-state index is 10.7. The second kappa shape index (κ2) is 5.09. The molecule has 1 N–H and O–H groups in total. The van der Waals surface area contributed by atoms with Crippen LogP contribution in [0.4, 0.5) is 0 Å². The van der Waals surface area contributed by atoms with Crippen molar-refractivity contribution in [2.24, 2.45) is 0 Å². The molecular weight excluding hydrogens is 168 g/mol. The molecule has 0 spiro atoms. The molecule has 3 heteroatoms. The Hall–Kier alpha value is -1.64. The molecule has 0 rings (SSSR count). The van der Waals surface area contributed by atoms with Crippen LogP contribution in [-0.4, -0.2) is 16.9 Å². The predicted molar refractivity (Wildman–Crippen MR) is 50.4 cm³/mol. The Morgan fingerprint density at radius 1 is 1.31 bits per heavy atom. The molecule has 0 aromatic heterocycles. The summed E-state index contributed by atoms with van der Waals surface area (Å²) in [5, 5.41) is 8.42. The molecule has 0 aliphatic heterocycles. The van der Waals surface area contributed by atoms with E-state index >= 15 is 0 Å². The summed E-state index contributed by atoms with van der Waals surface area (Å²) in [5.74, 6) is -1.10. The predicted octanol–water partition coefficient (Wildman–Crippen LogP) is 1.72. The van der Waals surface area contributed by atoms with Crippen molar-refractivity contribution in [3.8, 4) is 0 Å². The van der Waals surface area contributed by atoms with Crippen molar-refractivity contribution < 1.29 is 14.7 Å². The van der Waals surface area contributed by atoms with Crippen molar-refractivity contribution in [2.75, 3.05) is 0 Å². The average molecular weight is 180 g/mol. The molecule has 0 radical (unpaired) electrons. The van der Waals surface area contributed by atoms with E-state index in [9.17, 15) is 9.59 Å². The van der Waals surface area contributed by atoms with E-state index in [1.165, 1.54) is 19.1 Å². The van der Waals surface area contributed by atoms with Gasteiger partial charge in [0, 0.05) is 0 Å². The molecule has 0 amide bonds. The second-order valence-corrected chi connectivity index (χ2v) is 2.60. The van der Waals surface area contributed by atoms with Gasteiger partial charge >= 0.3 is 5.97 Å². The van der Waals surface area contributed by atoms with Gasteiger partial charge in [-0.3, -0.25) is 4.79 Å². The smallest absolute Gasteiger partial charge is 0.335 e. The van der Waals surface area contributed by atoms with Crippen LogP contribution in [0.5, 0.6) is 0 Å². The van der Waals surface area contributed by atoms with Crippen molar-refractivity contribution in [1.29, 1.82) is 0 Å². The standard InChI is InChI=1S/C10H12O3/c1-7(9(3)11)5-4-6-8(2)10(12)13/h4-6H,2H2,1,3H3,(H,12,13)/b6-4-,7-5+. The average Bonchev–Trinajstić information content (AvgIpc) is 2.03. The van der Waals surface area contributed by atoms with Crippen LogP contribution < -0.4 is 0 Å². The van der Waals surface area contributed by atoms with E-state index < -0.39 is 5.97 Å². The number of hydrogen-bond acceptors (Lipinski definition) is 2. The number of aliphatic carboxylic acids is 1. The lowest BCUT2D eigenvalue weighted by Gasteiger charge is -1.90. The van der Waals surface area contributed by atoms with Crippen LogP contribution in [0.15, 0.2) is 36.0 Å². The third-order valence-electron chi connectivity index (χ3n) is 1.47. The van der Waals surface area contributed by atoms with E-state index in [1.54, 1.807) is 13.0 Å². The number of hydrogen-bond donors (Lipinski definition) is 1. The first-order chi connectivity index (χ1) is 5.95. The van der Waals surface area contributed by atoms with Crippen molar-refractivity contribution in [1.82, 2.24) is 0 Å². The van der Waals surface area contributed by atoms with Gasteiger partial charge in [0.2, 0.25) is 0 Å². The van der Waals surface area contributed by atoms with E-state index in [-0.39, 0.29) is 11.4 Å². The first kappa shape index (κ1) is 11.4. The molecule has 3 nitrogen and oxygen atoms in total. The van der Waals surface area contributed by atoms with Gasteiger partial charge in [0.15, 0.2) is 5.78 Å². The number of carboxylic acids is 1.